The molecular weight excluding hydrogens is 553 g/mol. The van der Waals surface area contributed by atoms with E-state index in [1.807, 2.05) is 12.1 Å². The summed E-state index contributed by atoms with van der Waals surface area (Å²) in [5, 5.41) is 27.8. The van der Waals surface area contributed by atoms with Crippen molar-refractivity contribution in [3.63, 3.8) is 0 Å². The SMILES string of the molecule is O=C(NCC(=O)N1CCC2C1CCN2C1CCC(O)(c2ccc(-c3nn[nH]n3)cn2)CC1)c1cccc(C(F)(F)F)c1. The maximum Gasteiger partial charge on any atom is 0.416 e. The molecule has 2 saturated heterocycles. The predicted molar refractivity (Wildman–Crippen MR) is 143 cm³/mol. The van der Waals surface area contributed by atoms with E-state index in [9.17, 15) is 27.9 Å². The molecule has 3 N–H and O–H groups in total. The Morgan fingerprint density at radius 2 is 1.86 bits per heavy atom. The summed E-state index contributed by atoms with van der Waals surface area (Å²) in [7, 11) is 0. The van der Waals surface area contributed by atoms with Crippen LogP contribution in [0.3, 0.4) is 0 Å². The highest BCUT2D eigenvalue weighted by atomic mass is 19.4. The van der Waals surface area contributed by atoms with Gasteiger partial charge in [-0.25, -0.2) is 0 Å². The third kappa shape index (κ3) is 5.48. The van der Waals surface area contributed by atoms with E-state index >= 15 is 0 Å². The Kier molecular flexibility index (Phi) is 7.43. The molecule has 11 nitrogen and oxygen atoms in total. The Balaban J connectivity index is 1.01. The van der Waals surface area contributed by atoms with Gasteiger partial charge in [-0.05, 0) is 74.1 Å². The summed E-state index contributed by atoms with van der Waals surface area (Å²) < 4.78 is 39.0. The average Bonchev–Trinajstić information content (AvgIpc) is 3.75. The molecule has 3 fully saturated rings. The second-order valence-electron chi connectivity index (χ2n) is 11.2. The number of amides is 2. The largest absolute Gasteiger partial charge is 0.416 e. The molecule has 1 aromatic carbocycles. The summed E-state index contributed by atoms with van der Waals surface area (Å²) in [6, 6.07) is 8.31. The molecule has 4 heterocycles. The van der Waals surface area contributed by atoms with Gasteiger partial charge in [0.2, 0.25) is 11.7 Å². The van der Waals surface area contributed by atoms with Crippen LogP contribution in [0.4, 0.5) is 13.2 Å². The number of aromatic nitrogens is 5. The zero-order chi connectivity index (χ0) is 29.5. The third-order valence-corrected chi connectivity index (χ3v) is 8.89. The van der Waals surface area contributed by atoms with Gasteiger partial charge < -0.3 is 15.3 Å². The lowest BCUT2D eigenvalue weighted by Gasteiger charge is -2.41. The molecule has 0 bridgehead atoms. The Bertz CT molecular complexity index is 1420. The van der Waals surface area contributed by atoms with Crippen LogP contribution >= 0.6 is 0 Å². The number of pyridine rings is 1. The number of nitrogens with one attached hydrogen (secondary N) is 2. The topological polar surface area (TPSA) is 140 Å². The van der Waals surface area contributed by atoms with Gasteiger partial charge in [0, 0.05) is 48.5 Å². The van der Waals surface area contributed by atoms with Crippen molar-refractivity contribution < 1.29 is 27.9 Å². The fourth-order valence-electron chi connectivity index (χ4n) is 6.73. The number of fused-ring (bicyclic) bond motifs is 1. The van der Waals surface area contributed by atoms with Crippen LogP contribution in [0, 0.1) is 0 Å². The van der Waals surface area contributed by atoms with Gasteiger partial charge in [-0.3, -0.25) is 19.5 Å². The molecule has 6 rings (SSSR count). The maximum atomic E-state index is 13.0. The number of halogens is 3. The number of H-pyrrole nitrogens is 1. The highest BCUT2D eigenvalue weighted by molar-refractivity contribution is 5.96. The van der Waals surface area contributed by atoms with Crippen molar-refractivity contribution in [1.82, 2.24) is 40.7 Å². The molecule has 2 aromatic heterocycles. The highest BCUT2D eigenvalue weighted by Crippen LogP contribution is 2.42. The van der Waals surface area contributed by atoms with Crippen molar-refractivity contribution in [2.75, 3.05) is 19.6 Å². The number of alkyl halides is 3. The minimum absolute atomic E-state index is 0.0307. The van der Waals surface area contributed by atoms with Crippen molar-refractivity contribution in [1.29, 1.82) is 0 Å². The molecule has 3 aliphatic rings. The number of tetrazole rings is 1. The number of rotatable bonds is 6. The lowest BCUT2D eigenvalue weighted by Crippen LogP contribution is -2.47. The molecule has 1 aliphatic carbocycles. The van der Waals surface area contributed by atoms with Gasteiger partial charge in [-0.15, -0.1) is 10.2 Å². The second kappa shape index (κ2) is 11.1. The molecule has 2 aliphatic heterocycles. The first kappa shape index (κ1) is 28.2. The van der Waals surface area contributed by atoms with Crippen molar-refractivity contribution in [2.45, 2.75) is 68.4 Å². The Hall–Kier alpha value is -3.91. The smallest absolute Gasteiger partial charge is 0.384 e. The molecule has 0 spiro atoms. The fourth-order valence-corrected chi connectivity index (χ4v) is 6.73. The minimum atomic E-state index is -4.55. The van der Waals surface area contributed by atoms with Crippen LogP contribution in [-0.2, 0) is 16.6 Å². The zero-order valence-electron chi connectivity index (χ0n) is 22.7. The lowest BCUT2D eigenvalue weighted by atomic mass is 9.79. The van der Waals surface area contributed by atoms with E-state index in [2.05, 4.69) is 35.8 Å². The van der Waals surface area contributed by atoms with E-state index in [1.54, 1.807) is 11.1 Å². The van der Waals surface area contributed by atoms with Crippen molar-refractivity contribution in [2.24, 2.45) is 0 Å². The number of hydrogen-bond acceptors (Lipinski definition) is 8. The Morgan fingerprint density at radius 3 is 2.55 bits per heavy atom. The Morgan fingerprint density at radius 1 is 1.07 bits per heavy atom. The summed E-state index contributed by atoms with van der Waals surface area (Å²) in [5.74, 6) is -0.513. The first-order valence-corrected chi connectivity index (χ1v) is 14.1. The van der Waals surface area contributed by atoms with Crippen LogP contribution in [0.2, 0.25) is 0 Å². The molecule has 2 unspecified atom stereocenters. The van der Waals surface area contributed by atoms with Gasteiger partial charge in [0.25, 0.3) is 5.91 Å². The fraction of sp³-hybridized carbons (Fsp3) is 0.500. The van der Waals surface area contributed by atoms with Crippen LogP contribution in [0.25, 0.3) is 11.4 Å². The van der Waals surface area contributed by atoms with Crippen LogP contribution < -0.4 is 5.32 Å². The van der Waals surface area contributed by atoms with Gasteiger partial charge in [0.1, 0.15) is 5.60 Å². The number of carbonyl (C=O) groups is 2. The van der Waals surface area contributed by atoms with E-state index in [1.165, 1.54) is 12.1 Å². The molecule has 2 amide bonds. The monoisotopic (exact) mass is 584 g/mol. The van der Waals surface area contributed by atoms with Crippen LogP contribution in [0.1, 0.15) is 60.1 Å². The number of hydrogen-bond donors (Lipinski definition) is 3. The highest BCUT2D eigenvalue weighted by Gasteiger charge is 2.48. The quantitative estimate of drug-likeness (QED) is 0.402. The normalized spacial score (nSPS) is 26.3. The Labute approximate surface area is 239 Å². The summed E-state index contributed by atoms with van der Waals surface area (Å²) in [4.78, 5) is 34.2. The van der Waals surface area contributed by atoms with Gasteiger partial charge >= 0.3 is 6.18 Å². The van der Waals surface area contributed by atoms with E-state index in [0.29, 0.717) is 36.5 Å². The van der Waals surface area contributed by atoms with E-state index in [-0.39, 0.29) is 36.1 Å². The third-order valence-electron chi connectivity index (χ3n) is 8.89. The molecule has 42 heavy (non-hydrogen) atoms. The molecule has 222 valence electrons. The standard InChI is InChI=1S/C28H31F3N8O3/c29-28(30,31)19-3-1-2-17(14-19)26(41)33-16-24(40)39-13-9-21-22(39)8-12-38(21)20-6-10-27(42,11-7-20)23-5-4-18(15-32-23)25-34-36-37-35-25/h1-5,14-15,20-22,42H,6-13,16H2,(H,33,41)(H,34,35,36,37). The van der Waals surface area contributed by atoms with Crippen molar-refractivity contribution in [3.8, 4) is 11.4 Å². The van der Waals surface area contributed by atoms with Crippen molar-refractivity contribution >= 4 is 11.8 Å². The number of benzene rings is 1. The first-order valence-electron chi connectivity index (χ1n) is 14.1. The zero-order valence-corrected chi connectivity index (χ0v) is 22.7. The average molecular weight is 585 g/mol. The summed E-state index contributed by atoms with van der Waals surface area (Å²) in [5.41, 5.74) is -0.730. The van der Waals surface area contributed by atoms with Gasteiger partial charge in [-0.2, -0.15) is 18.4 Å². The number of aliphatic hydroxyl groups is 1. The number of aromatic amines is 1. The molecular formula is C28H31F3N8O3. The first-order chi connectivity index (χ1) is 20.1. The number of nitrogens with zero attached hydrogens (tertiary/aromatic N) is 6. The molecule has 3 aromatic rings. The molecule has 14 heteroatoms. The molecule has 0 radical (unpaired) electrons. The summed E-state index contributed by atoms with van der Waals surface area (Å²) >= 11 is 0. The predicted octanol–water partition coefficient (Wildman–Crippen LogP) is 2.52. The number of carbonyl (C=O) groups excluding carboxylic acids is 2. The van der Waals surface area contributed by atoms with Crippen LogP contribution in [0.5, 0.6) is 0 Å². The van der Waals surface area contributed by atoms with Crippen LogP contribution in [-0.4, -0.2) is 90.1 Å². The van der Waals surface area contributed by atoms with Gasteiger partial charge in [0.05, 0.1) is 17.8 Å². The van der Waals surface area contributed by atoms with E-state index in [4.69, 9.17) is 0 Å². The van der Waals surface area contributed by atoms with Crippen LogP contribution in [0.15, 0.2) is 42.6 Å². The summed E-state index contributed by atoms with van der Waals surface area (Å²) in [6.07, 6.45) is 1.47. The van der Waals surface area contributed by atoms with Gasteiger partial charge in [0.15, 0.2) is 0 Å². The maximum absolute atomic E-state index is 13.0. The van der Waals surface area contributed by atoms with E-state index in [0.717, 1.165) is 44.4 Å². The van der Waals surface area contributed by atoms with E-state index < -0.39 is 23.2 Å². The van der Waals surface area contributed by atoms with Gasteiger partial charge in [-0.1, -0.05) is 6.07 Å². The number of likely N-dealkylation sites (tertiary alicyclic amines) is 2. The minimum Gasteiger partial charge on any atom is -0.384 e. The second-order valence-corrected chi connectivity index (χ2v) is 11.2. The lowest BCUT2D eigenvalue weighted by molar-refractivity contribution is -0.137. The molecule has 1 saturated carbocycles. The van der Waals surface area contributed by atoms with Crippen molar-refractivity contribution in [3.05, 3.63) is 59.4 Å². The summed E-state index contributed by atoms with van der Waals surface area (Å²) in [6.45, 7) is 1.14. The molecule has 2 atom stereocenters.